The number of halogens is 1. The van der Waals surface area contributed by atoms with Crippen LogP contribution in [0.2, 0.25) is 5.02 Å². The molecule has 0 heterocycles. The third-order valence-electron chi connectivity index (χ3n) is 4.97. The molecule has 3 aromatic rings. The van der Waals surface area contributed by atoms with Crippen molar-refractivity contribution >= 4 is 39.3 Å². The molecule has 8 nitrogen and oxygen atoms in total. The standard InChI is InChI=1S/C26H27ClN2O6S/c1-33-24-14-11-22(16-25(24)34-2)29-36(31,32)23-12-7-19(8-13-23)4-3-15-28-26(30)18-35-17-20-5-9-21(27)10-6-20/h3-14,16,29H,15,17-18H2,1-2H3,(H,28,30). The van der Waals surface area contributed by atoms with Crippen molar-refractivity contribution in [3.05, 3.63) is 89.0 Å². The molecule has 1 amide bonds. The maximum Gasteiger partial charge on any atom is 0.261 e. The minimum Gasteiger partial charge on any atom is -0.493 e. The van der Waals surface area contributed by atoms with Crippen molar-refractivity contribution in [3.8, 4) is 11.5 Å². The Hall–Kier alpha value is -3.53. The van der Waals surface area contributed by atoms with E-state index < -0.39 is 10.0 Å². The van der Waals surface area contributed by atoms with E-state index in [1.807, 2.05) is 12.1 Å². The predicted molar refractivity (Wildman–Crippen MR) is 140 cm³/mol. The summed E-state index contributed by atoms with van der Waals surface area (Å²) in [6, 6.07) is 18.3. The first-order valence-corrected chi connectivity index (χ1v) is 12.8. The van der Waals surface area contributed by atoms with Gasteiger partial charge in [0.25, 0.3) is 10.0 Å². The number of carbonyl (C=O) groups excluding carboxylic acids is 1. The van der Waals surface area contributed by atoms with Crippen molar-refractivity contribution < 1.29 is 27.4 Å². The molecule has 0 aromatic heterocycles. The van der Waals surface area contributed by atoms with Gasteiger partial charge in [-0.15, -0.1) is 0 Å². The Balaban J connectivity index is 1.46. The lowest BCUT2D eigenvalue weighted by Gasteiger charge is -2.12. The number of sulfonamides is 1. The van der Waals surface area contributed by atoms with E-state index in [0.29, 0.717) is 35.4 Å². The molecule has 36 heavy (non-hydrogen) atoms. The quantitative estimate of drug-likeness (QED) is 0.357. The number of anilines is 1. The Labute approximate surface area is 215 Å². The summed E-state index contributed by atoms with van der Waals surface area (Å²) < 4.78 is 43.8. The Bertz CT molecular complexity index is 1290. The first kappa shape index (κ1) is 27.1. The van der Waals surface area contributed by atoms with Gasteiger partial charge in [0.15, 0.2) is 11.5 Å². The van der Waals surface area contributed by atoms with Crippen LogP contribution in [0.25, 0.3) is 6.08 Å². The van der Waals surface area contributed by atoms with E-state index in [1.54, 1.807) is 54.6 Å². The second-order valence-electron chi connectivity index (χ2n) is 7.57. The van der Waals surface area contributed by atoms with Crippen LogP contribution in [0.4, 0.5) is 5.69 Å². The zero-order valence-corrected chi connectivity index (χ0v) is 21.4. The van der Waals surface area contributed by atoms with E-state index in [9.17, 15) is 13.2 Å². The summed E-state index contributed by atoms with van der Waals surface area (Å²) in [4.78, 5) is 12.0. The van der Waals surface area contributed by atoms with E-state index in [1.165, 1.54) is 26.4 Å². The fourth-order valence-corrected chi connectivity index (χ4v) is 4.31. The fourth-order valence-electron chi connectivity index (χ4n) is 3.13. The van der Waals surface area contributed by atoms with Crippen LogP contribution in [0.1, 0.15) is 11.1 Å². The number of methoxy groups -OCH3 is 2. The molecule has 0 aliphatic rings. The molecule has 0 saturated carbocycles. The first-order valence-electron chi connectivity index (χ1n) is 10.9. The molecule has 0 atom stereocenters. The molecular weight excluding hydrogens is 504 g/mol. The van der Waals surface area contributed by atoms with Crippen molar-refractivity contribution in [2.24, 2.45) is 0 Å². The van der Waals surface area contributed by atoms with E-state index in [0.717, 1.165) is 11.1 Å². The van der Waals surface area contributed by atoms with Gasteiger partial charge in [0, 0.05) is 17.6 Å². The van der Waals surface area contributed by atoms with Crippen LogP contribution in [-0.4, -0.2) is 41.7 Å². The Morgan fingerprint density at radius 2 is 1.64 bits per heavy atom. The van der Waals surface area contributed by atoms with Crippen molar-refractivity contribution in [1.29, 1.82) is 0 Å². The van der Waals surface area contributed by atoms with Crippen LogP contribution in [0, 0.1) is 0 Å². The lowest BCUT2D eigenvalue weighted by Crippen LogP contribution is -2.27. The summed E-state index contributed by atoms with van der Waals surface area (Å²) in [6.07, 6.45) is 3.55. The Morgan fingerprint density at radius 1 is 0.944 bits per heavy atom. The van der Waals surface area contributed by atoms with Gasteiger partial charge in [-0.05, 0) is 47.5 Å². The molecule has 0 bridgehead atoms. The fraction of sp³-hybridized carbons (Fsp3) is 0.192. The van der Waals surface area contributed by atoms with Crippen LogP contribution >= 0.6 is 11.6 Å². The number of amides is 1. The van der Waals surface area contributed by atoms with Gasteiger partial charge in [-0.1, -0.05) is 48.0 Å². The van der Waals surface area contributed by atoms with E-state index in [4.69, 9.17) is 25.8 Å². The van der Waals surface area contributed by atoms with Crippen molar-refractivity contribution in [1.82, 2.24) is 5.32 Å². The molecule has 0 radical (unpaired) electrons. The third-order valence-corrected chi connectivity index (χ3v) is 6.62. The highest BCUT2D eigenvalue weighted by atomic mass is 35.5. The average Bonchev–Trinajstić information content (AvgIpc) is 2.88. The predicted octanol–water partition coefficient (Wildman–Crippen LogP) is 4.50. The van der Waals surface area contributed by atoms with Crippen molar-refractivity contribution in [3.63, 3.8) is 0 Å². The molecule has 2 N–H and O–H groups in total. The zero-order valence-electron chi connectivity index (χ0n) is 19.9. The summed E-state index contributed by atoms with van der Waals surface area (Å²) in [5, 5.41) is 3.38. The maximum atomic E-state index is 12.7. The molecule has 0 unspecified atom stereocenters. The highest BCUT2D eigenvalue weighted by Crippen LogP contribution is 2.30. The summed E-state index contributed by atoms with van der Waals surface area (Å²) in [5.74, 6) is 0.674. The largest absolute Gasteiger partial charge is 0.493 e. The minimum absolute atomic E-state index is 0.0594. The Kier molecular flexibility index (Phi) is 9.75. The van der Waals surface area contributed by atoms with Gasteiger partial charge in [0.05, 0.1) is 31.4 Å². The SMILES string of the molecule is COc1ccc(NS(=O)(=O)c2ccc(C=CCNC(=O)COCc3ccc(Cl)cc3)cc2)cc1OC. The number of nitrogens with one attached hydrogen (secondary N) is 2. The van der Waals surface area contributed by atoms with Crippen molar-refractivity contribution in [2.75, 3.05) is 32.1 Å². The summed E-state index contributed by atoms with van der Waals surface area (Å²) in [5.41, 5.74) is 2.06. The van der Waals surface area contributed by atoms with Crippen LogP contribution in [0.15, 0.2) is 77.7 Å². The van der Waals surface area contributed by atoms with Crippen LogP contribution in [0.3, 0.4) is 0 Å². The van der Waals surface area contributed by atoms with E-state index in [2.05, 4.69) is 10.0 Å². The molecule has 10 heteroatoms. The second-order valence-corrected chi connectivity index (χ2v) is 9.69. The second kappa shape index (κ2) is 13.0. The molecular formula is C26H27ClN2O6S. The molecule has 0 spiro atoms. The topological polar surface area (TPSA) is 103 Å². The minimum atomic E-state index is -3.79. The number of benzene rings is 3. The first-order chi connectivity index (χ1) is 17.3. The van der Waals surface area contributed by atoms with Gasteiger partial charge in [0.1, 0.15) is 6.61 Å². The molecule has 0 saturated heterocycles. The monoisotopic (exact) mass is 530 g/mol. The lowest BCUT2D eigenvalue weighted by molar-refractivity contribution is -0.125. The third kappa shape index (κ3) is 8.01. The van der Waals surface area contributed by atoms with Crippen LogP contribution in [0.5, 0.6) is 11.5 Å². The summed E-state index contributed by atoms with van der Waals surface area (Å²) in [6.45, 7) is 0.566. The van der Waals surface area contributed by atoms with Crippen LogP contribution < -0.4 is 19.5 Å². The Morgan fingerprint density at radius 3 is 2.31 bits per heavy atom. The van der Waals surface area contributed by atoms with Crippen molar-refractivity contribution in [2.45, 2.75) is 11.5 Å². The van der Waals surface area contributed by atoms with Gasteiger partial charge in [-0.25, -0.2) is 8.42 Å². The van der Waals surface area contributed by atoms with Gasteiger partial charge in [-0.3, -0.25) is 9.52 Å². The summed E-state index contributed by atoms with van der Waals surface area (Å²) >= 11 is 5.84. The molecule has 0 aliphatic heterocycles. The van der Waals surface area contributed by atoms with E-state index in [-0.39, 0.29) is 17.4 Å². The molecule has 0 fully saturated rings. The normalized spacial score (nSPS) is 11.3. The average molecular weight is 531 g/mol. The summed E-state index contributed by atoms with van der Waals surface area (Å²) in [7, 11) is -0.809. The van der Waals surface area contributed by atoms with Gasteiger partial charge < -0.3 is 19.5 Å². The highest BCUT2D eigenvalue weighted by Gasteiger charge is 2.15. The molecule has 3 aromatic carbocycles. The van der Waals surface area contributed by atoms with Gasteiger partial charge in [0.2, 0.25) is 5.91 Å². The molecule has 3 rings (SSSR count). The van der Waals surface area contributed by atoms with Crippen LogP contribution in [-0.2, 0) is 26.2 Å². The van der Waals surface area contributed by atoms with Gasteiger partial charge >= 0.3 is 0 Å². The number of hydrogen-bond acceptors (Lipinski definition) is 6. The van der Waals surface area contributed by atoms with Gasteiger partial charge in [-0.2, -0.15) is 0 Å². The number of ether oxygens (including phenoxy) is 3. The zero-order chi connectivity index (χ0) is 26.0. The number of carbonyl (C=O) groups is 1. The smallest absolute Gasteiger partial charge is 0.261 e. The molecule has 190 valence electrons. The lowest BCUT2D eigenvalue weighted by atomic mass is 10.2. The maximum absolute atomic E-state index is 12.7. The van der Waals surface area contributed by atoms with E-state index >= 15 is 0 Å². The molecule has 0 aliphatic carbocycles. The number of hydrogen-bond donors (Lipinski definition) is 2. The number of rotatable bonds is 12. The highest BCUT2D eigenvalue weighted by molar-refractivity contribution is 7.92.